The topological polar surface area (TPSA) is 95.9 Å². The Hall–Kier alpha value is -4.00. The number of unbranched alkanes of at least 4 members (excludes halogenated alkanes) is 13. The van der Waals surface area contributed by atoms with Gasteiger partial charge >= 0.3 is 5.97 Å². The molecular weight excluding hydrogens is 815 g/mol. The van der Waals surface area contributed by atoms with E-state index in [0.717, 1.165) is 89.9 Å². The van der Waals surface area contributed by atoms with E-state index in [4.69, 9.17) is 4.74 Å². The van der Waals surface area contributed by atoms with Crippen molar-refractivity contribution < 1.29 is 24.5 Å². The predicted octanol–water partition coefficient (Wildman–Crippen LogP) is 16.2. The second-order valence-electron chi connectivity index (χ2n) is 17.2. The highest BCUT2D eigenvalue weighted by Crippen LogP contribution is 2.15. The number of hydrogen-bond acceptors (Lipinski definition) is 5. The summed E-state index contributed by atoms with van der Waals surface area (Å²) in [7, 11) is 0. The van der Waals surface area contributed by atoms with Gasteiger partial charge in [0, 0.05) is 6.42 Å². The van der Waals surface area contributed by atoms with Crippen LogP contribution in [-0.4, -0.2) is 46.9 Å². The average molecular weight is 912 g/mol. The fraction of sp³-hybridized carbons (Fsp3) is 0.600. The zero-order valence-electron chi connectivity index (χ0n) is 42.3. The van der Waals surface area contributed by atoms with E-state index in [1.165, 1.54) is 64.2 Å². The molecule has 0 aliphatic carbocycles. The summed E-state index contributed by atoms with van der Waals surface area (Å²) in [5.74, 6) is -0.713. The number of carbonyl (C=O) groups is 2. The van der Waals surface area contributed by atoms with Crippen molar-refractivity contribution in [1.82, 2.24) is 5.32 Å². The van der Waals surface area contributed by atoms with Gasteiger partial charge in [0.2, 0.25) is 5.91 Å². The lowest BCUT2D eigenvalue weighted by molar-refractivity contribution is -0.148. The lowest BCUT2D eigenvalue weighted by atomic mass is 10.0. The highest BCUT2D eigenvalue weighted by molar-refractivity contribution is 5.78. The summed E-state index contributed by atoms with van der Waals surface area (Å²) in [6, 6.07) is -0.764. The first-order valence-electron chi connectivity index (χ1n) is 26.4. The molecule has 1 amide bonds. The molecule has 3 atom stereocenters. The molecule has 6 nitrogen and oxygen atoms in total. The Morgan fingerprint density at radius 2 is 0.833 bits per heavy atom. The fourth-order valence-electron chi connectivity index (χ4n) is 7.05. The third-order valence-corrected chi connectivity index (χ3v) is 11.0. The lowest BCUT2D eigenvalue weighted by Gasteiger charge is -2.23. The van der Waals surface area contributed by atoms with Crippen molar-refractivity contribution in [2.24, 2.45) is 0 Å². The highest BCUT2D eigenvalue weighted by Gasteiger charge is 2.23. The summed E-state index contributed by atoms with van der Waals surface area (Å²) in [4.78, 5) is 26.1. The van der Waals surface area contributed by atoms with Crippen LogP contribution in [0.3, 0.4) is 0 Å². The first kappa shape index (κ1) is 62.0. The van der Waals surface area contributed by atoms with Crippen molar-refractivity contribution in [3.05, 3.63) is 134 Å². The molecule has 3 N–H and O–H groups in total. The van der Waals surface area contributed by atoms with Gasteiger partial charge in [0.05, 0.1) is 25.2 Å². The van der Waals surface area contributed by atoms with Crippen molar-refractivity contribution in [2.75, 3.05) is 6.61 Å². The minimum absolute atomic E-state index is 0.0787. The summed E-state index contributed by atoms with van der Waals surface area (Å²) >= 11 is 0. The molecule has 0 saturated heterocycles. The van der Waals surface area contributed by atoms with Crippen LogP contribution in [0.2, 0.25) is 0 Å². The SMILES string of the molecule is CC/C=C\C/C=C\C/C=C\C/C=C\C/C=C\C/C=C\C(CC(=O)NC(CO)C(O)CCCCCCCCCCCCCCC)OC(=O)CCC/C=C\C/C=C\C/C=C\C/C=C\C/C=C\CC. The molecule has 0 bridgehead atoms. The van der Waals surface area contributed by atoms with Crippen LogP contribution in [0.25, 0.3) is 0 Å². The van der Waals surface area contributed by atoms with Crippen LogP contribution >= 0.6 is 0 Å². The van der Waals surface area contributed by atoms with Crippen molar-refractivity contribution in [2.45, 2.75) is 225 Å². The van der Waals surface area contributed by atoms with Gasteiger partial charge in [0.15, 0.2) is 0 Å². The molecule has 6 heteroatoms. The number of aliphatic hydroxyl groups excluding tert-OH is 2. The molecule has 372 valence electrons. The summed E-state index contributed by atoms with van der Waals surface area (Å²) in [5, 5.41) is 23.7. The average Bonchev–Trinajstić information content (AvgIpc) is 3.31. The molecule has 0 saturated carbocycles. The van der Waals surface area contributed by atoms with E-state index in [2.05, 4.69) is 148 Å². The minimum Gasteiger partial charge on any atom is -0.458 e. The van der Waals surface area contributed by atoms with E-state index >= 15 is 0 Å². The third kappa shape index (κ3) is 46.5. The van der Waals surface area contributed by atoms with Gasteiger partial charge < -0.3 is 20.3 Å². The van der Waals surface area contributed by atoms with Crippen LogP contribution in [0, 0.1) is 0 Å². The van der Waals surface area contributed by atoms with E-state index in [1.54, 1.807) is 6.08 Å². The molecule has 0 aromatic carbocycles. The summed E-state index contributed by atoms with van der Waals surface area (Å²) in [6.07, 6.45) is 74.0. The van der Waals surface area contributed by atoms with Crippen LogP contribution in [0.1, 0.15) is 207 Å². The number of nitrogens with one attached hydrogen (secondary N) is 1. The van der Waals surface area contributed by atoms with Gasteiger partial charge in [-0.3, -0.25) is 9.59 Å². The normalized spacial score (nSPS) is 14.3. The van der Waals surface area contributed by atoms with Gasteiger partial charge in [0.25, 0.3) is 0 Å². The smallest absolute Gasteiger partial charge is 0.306 e. The Balaban J connectivity index is 4.89. The second kappa shape index (κ2) is 52.0. The van der Waals surface area contributed by atoms with Gasteiger partial charge in [0.1, 0.15) is 6.10 Å². The molecular formula is C60H97NO5. The standard InChI is InChI=1S/C60H97NO5/c1-4-7-10-13-16-19-22-25-27-29-31-34-36-39-42-45-48-51-56(66-60(65)53-50-47-44-41-38-35-32-30-28-26-23-20-17-14-11-8-5-2)54-59(64)61-57(55-62)58(63)52-49-46-43-40-37-33-24-21-18-15-12-9-6-3/h7-8,10-11,16-17,19-20,25-28,31-32,34-35,39,41-42,44,48,51,56-58,62-63H,4-6,9,12-15,18,21-24,29-30,33,36-38,40,43,45-47,49-50,52-55H2,1-3H3,(H,61,64)/b10-7-,11-8-,19-16-,20-17-,27-25-,28-26-,34-31-,35-32-,42-39-,44-41-,51-48-. The predicted molar refractivity (Wildman–Crippen MR) is 286 cm³/mol. The van der Waals surface area contributed by atoms with Gasteiger partial charge in [-0.1, -0.05) is 232 Å². The zero-order chi connectivity index (χ0) is 48.1. The quantitative estimate of drug-likeness (QED) is 0.0321. The number of allylic oxidation sites excluding steroid dienone is 21. The van der Waals surface area contributed by atoms with Gasteiger partial charge in [-0.15, -0.1) is 0 Å². The molecule has 0 heterocycles. The molecule has 0 aromatic rings. The zero-order valence-corrected chi connectivity index (χ0v) is 42.3. The molecule has 0 fully saturated rings. The van der Waals surface area contributed by atoms with Crippen molar-refractivity contribution in [3.63, 3.8) is 0 Å². The first-order chi connectivity index (χ1) is 32.5. The molecule has 0 rings (SSSR count). The molecule has 0 aliphatic heterocycles. The number of aliphatic hydroxyl groups is 2. The molecule has 66 heavy (non-hydrogen) atoms. The van der Waals surface area contributed by atoms with E-state index in [1.807, 2.05) is 6.08 Å². The Morgan fingerprint density at radius 1 is 0.470 bits per heavy atom. The number of esters is 1. The number of amides is 1. The summed E-state index contributed by atoms with van der Waals surface area (Å²) < 4.78 is 5.80. The lowest BCUT2D eigenvalue weighted by Crippen LogP contribution is -2.46. The van der Waals surface area contributed by atoms with Crippen LogP contribution in [0.4, 0.5) is 0 Å². The Morgan fingerprint density at radius 3 is 1.23 bits per heavy atom. The van der Waals surface area contributed by atoms with E-state index in [-0.39, 0.29) is 31.3 Å². The van der Waals surface area contributed by atoms with Gasteiger partial charge in [-0.25, -0.2) is 0 Å². The Bertz CT molecular complexity index is 1440. The first-order valence-corrected chi connectivity index (χ1v) is 26.4. The van der Waals surface area contributed by atoms with Crippen LogP contribution in [0.5, 0.6) is 0 Å². The maximum Gasteiger partial charge on any atom is 0.306 e. The molecule has 0 spiro atoms. The monoisotopic (exact) mass is 912 g/mol. The maximum absolute atomic E-state index is 13.2. The second-order valence-corrected chi connectivity index (χ2v) is 17.2. The van der Waals surface area contributed by atoms with E-state index < -0.39 is 18.2 Å². The highest BCUT2D eigenvalue weighted by atomic mass is 16.5. The summed E-state index contributed by atoms with van der Waals surface area (Å²) in [6.45, 7) is 6.19. The van der Waals surface area contributed by atoms with E-state index in [0.29, 0.717) is 19.3 Å². The van der Waals surface area contributed by atoms with Crippen LogP contribution < -0.4 is 5.32 Å². The fourth-order valence-corrected chi connectivity index (χ4v) is 7.05. The van der Waals surface area contributed by atoms with Crippen molar-refractivity contribution in [1.29, 1.82) is 0 Å². The number of hydrogen-bond donors (Lipinski definition) is 3. The number of carbonyl (C=O) groups excluding carboxylic acids is 2. The van der Waals surface area contributed by atoms with Gasteiger partial charge in [-0.05, 0) is 96.0 Å². The summed E-state index contributed by atoms with van der Waals surface area (Å²) in [5.41, 5.74) is 0. The van der Waals surface area contributed by atoms with Crippen LogP contribution in [-0.2, 0) is 14.3 Å². The number of rotatable bonds is 45. The molecule has 0 radical (unpaired) electrons. The Kier molecular flexibility index (Phi) is 48.8. The number of ether oxygens (including phenoxy) is 1. The third-order valence-electron chi connectivity index (χ3n) is 11.0. The molecule has 0 aromatic heterocycles. The molecule has 0 aliphatic rings. The van der Waals surface area contributed by atoms with Crippen LogP contribution in [0.15, 0.2) is 134 Å². The van der Waals surface area contributed by atoms with Crippen molar-refractivity contribution in [3.8, 4) is 0 Å². The largest absolute Gasteiger partial charge is 0.458 e. The minimum atomic E-state index is -0.838. The molecule has 3 unspecified atom stereocenters. The maximum atomic E-state index is 13.2. The van der Waals surface area contributed by atoms with Gasteiger partial charge in [-0.2, -0.15) is 0 Å². The van der Waals surface area contributed by atoms with E-state index in [9.17, 15) is 19.8 Å². The van der Waals surface area contributed by atoms with Crippen molar-refractivity contribution >= 4 is 11.9 Å². The Labute approximate surface area is 405 Å².